The van der Waals surface area contributed by atoms with Crippen molar-refractivity contribution in [3.63, 3.8) is 0 Å². The first-order valence-corrected chi connectivity index (χ1v) is 8.95. The third-order valence-corrected chi connectivity index (χ3v) is 4.86. The molecule has 8 heteroatoms. The number of nitrogens with zero attached hydrogens (tertiary/aromatic N) is 3. The van der Waals surface area contributed by atoms with Gasteiger partial charge >= 0.3 is 0 Å². The van der Waals surface area contributed by atoms with Gasteiger partial charge in [0, 0.05) is 52.4 Å². The van der Waals surface area contributed by atoms with Crippen molar-refractivity contribution in [3.05, 3.63) is 35.5 Å². The van der Waals surface area contributed by atoms with Crippen LogP contribution in [0.15, 0.2) is 30.0 Å². The van der Waals surface area contributed by atoms with Crippen molar-refractivity contribution < 1.29 is 19.5 Å². The Balaban J connectivity index is 1.90. The van der Waals surface area contributed by atoms with E-state index in [0.29, 0.717) is 42.2 Å². The van der Waals surface area contributed by atoms with Crippen LogP contribution in [0.5, 0.6) is 0 Å². The summed E-state index contributed by atoms with van der Waals surface area (Å²) < 4.78 is 0. The zero-order valence-corrected chi connectivity index (χ0v) is 15.6. The van der Waals surface area contributed by atoms with E-state index in [0.717, 1.165) is 18.0 Å². The molecule has 2 heterocycles. The quantitative estimate of drug-likeness (QED) is 0.705. The Labute approximate surface area is 158 Å². The molecule has 3 rings (SSSR count). The molecule has 0 radical (unpaired) electrons. The summed E-state index contributed by atoms with van der Waals surface area (Å²) in [5.41, 5.74) is 2.11. The summed E-state index contributed by atoms with van der Waals surface area (Å²) in [7, 11) is 1.49. The van der Waals surface area contributed by atoms with Crippen LogP contribution in [0.4, 0.5) is 5.69 Å². The smallest absolute Gasteiger partial charge is 0.277 e. The molecule has 0 aromatic heterocycles. The molecule has 1 fully saturated rings. The second kappa shape index (κ2) is 7.89. The van der Waals surface area contributed by atoms with Crippen LogP contribution < -0.4 is 5.32 Å². The molecule has 8 nitrogen and oxygen atoms in total. The summed E-state index contributed by atoms with van der Waals surface area (Å²) in [6.07, 6.45) is 0. The maximum Gasteiger partial charge on any atom is 0.277 e. The number of benzene rings is 1. The molecule has 27 heavy (non-hydrogen) atoms. The van der Waals surface area contributed by atoms with Crippen LogP contribution in [-0.4, -0.2) is 83.9 Å². The van der Waals surface area contributed by atoms with Gasteiger partial charge in [-0.1, -0.05) is 12.1 Å². The number of β-amino-alcohol motifs (C(OH)–C–C–N with tert-alkyl or cyclic N) is 1. The zero-order chi connectivity index (χ0) is 19.6. The Bertz CT molecular complexity index is 779. The average Bonchev–Trinajstić information content (AvgIpc) is 2.87. The summed E-state index contributed by atoms with van der Waals surface area (Å²) in [4.78, 5) is 41.8. The maximum absolute atomic E-state index is 12.7. The highest BCUT2D eigenvalue weighted by Gasteiger charge is 2.40. The minimum Gasteiger partial charge on any atom is -0.395 e. The molecular weight excluding hydrogens is 348 g/mol. The molecule has 0 aliphatic carbocycles. The summed E-state index contributed by atoms with van der Waals surface area (Å²) >= 11 is 0. The van der Waals surface area contributed by atoms with Crippen molar-refractivity contribution in [3.8, 4) is 0 Å². The van der Waals surface area contributed by atoms with Crippen LogP contribution in [-0.2, 0) is 14.4 Å². The Morgan fingerprint density at radius 1 is 1.07 bits per heavy atom. The zero-order valence-electron chi connectivity index (χ0n) is 15.6. The van der Waals surface area contributed by atoms with E-state index in [1.165, 1.54) is 14.0 Å². The van der Waals surface area contributed by atoms with Crippen molar-refractivity contribution in [2.24, 2.45) is 0 Å². The monoisotopic (exact) mass is 372 g/mol. The van der Waals surface area contributed by atoms with Gasteiger partial charge in [-0.15, -0.1) is 0 Å². The third kappa shape index (κ3) is 3.86. The maximum atomic E-state index is 12.7. The Kier molecular flexibility index (Phi) is 5.57. The number of carbonyl (C=O) groups excluding carboxylic acids is 3. The first-order chi connectivity index (χ1) is 12.9. The lowest BCUT2D eigenvalue weighted by Crippen LogP contribution is -2.48. The minimum absolute atomic E-state index is 0.106. The fourth-order valence-electron chi connectivity index (χ4n) is 3.44. The lowest BCUT2D eigenvalue weighted by atomic mass is 10.0. The molecular formula is C19H24N4O4. The normalized spacial score (nSPS) is 18.5. The van der Waals surface area contributed by atoms with E-state index in [9.17, 15) is 14.4 Å². The minimum atomic E-state index is -0.319. The third-order valence-electron chi connectivity index (χ3n) is 4.86. The van der Waals surface area contributed by atoms with Gasteiger partial charge in [-0.3, -0.25) is 24.2 Å². The number of hydrogen-bond donors (Lipinski definition) is 2. The summed E-state index contributed by atoms with van der Waals surface area (Å²) in [6.45, 7) is 4.84. The molecule has 0 atom stereocenters. The highest BCUT2D eigenvalue weighted by molar-refractivity contribution is 6.35. The van der Waals surface area contributed by atoms with Gasteiger partial charge in [-0.05, 0) is 17.7 Å². The largest absolute Gasteiger partial charge is 0.395 e. The fourth-order valence-corrected chi connectivity index (χ4v) is 3.44. The van der Waals surface area contributed by atoms with Crippen LogP contribution in [0.25, 0.3) is 5.57 Å². The number of nitrogens with one attached hydrogen (secondary N) is 1. The van der Waals surface area contributed by atoms with Crippen LogP contribution >= 0.6 is 0 Å². The molecule has 0 bridgehead atoms. The van der Waals surface area contributed by atoms with E-state index in [1.54, 1.807) is 24.3 Å². The fraction of sp³-hybridized carbons (Fsp3) is 0.421. The molecule has 2 aliphatic rings. The molecule has 1 aromatic rings. The summed E-state index contributed by atoms with van der Waals surface area (Å²) in [5.74, 6) is -0.785. The number of imide groups is 1. The van der Waals surface area contributed by atoms with E-state index in [4.69, 9.17) is 5.11 Å². The van der Waals surface area contributed by atoms with E-state index >= 15 is 0 Å². The van der Waals surface area contributed by atoms with Crippen LogP contribution in [0, 0.1) is 0 Å². The predicted octanol–water partition coefficient (Wildman–Crippen LogP) is -0.0354. The van der Waals surface area contributed by atoms with Crippen molar-refractivity contribution in [1.29, 1.82) is 0 Å². The number of anilines is 1. The van der Waals surface area contributed by atoms with Crippen molar-refractivity contribution in [1.82, 2.24) is 14.7 Å². The van der Waals surface area contributed by atoms with Gasteiger partial charge in [0.25, 0.3) is 11.8 Å². The second-order valence-corrected chi connectivity index (χ2v) is 6.70. The second-order valence-electron chi connectivity index (χ2n) is 6.70. The Hall–Kier alpha value is -2.71. The number of likely N-dealkylation sites (N-methyl/N-ethyl adjacent to an activating group) is 1. The van der Waals surface area contributed by atoms with E-state index in [-0.39, 0.29) is 24.3 Å². The standard InChI is InChI=1S/C19H24N4O4/c1-13(25)20-15-5-3-14(4-6-15)16-17(19(27)21(2)18(16)26)23-9-7-22(8-10-23)11-12-24/h3-6,24H,7-12H2,1-2H3,(H,20,25). The number of aliphatic hydroxyl groups is 1. The number of rotatable bonds is 5. The number of hydrogen-bond acceptors (Lipinski definition) is 6. The first-order valence-electron chi connectivity index (χ1n) is 8.95. The van der Waals surface area contributed by atoms with Crippen molar-refractivity contribution >= 4 is 29.0 Å². The number of carbonyl (C=O) groups is 3. The topological polar surface area (TPSA) is 93.2 Å². The number of amides is 3. The van der Waals surface area contributed by atoms with Crippen LogP contribution in [0.2, 0.25) is 0 Å². The Morgan fingerprint density at radius 3 is 2.26 bits per heavy atom. The van der Waals surface area contributed by atoms with Crippen molar-refractivity contribution in [2.45, 2.75) is 6.92 Å². The summed E-state index contributed by atoms with van der Waals surface area (Å²) in [5, 5.41) is 11.8. The van der Waals surface area contributed by atoms with E-state index in [1.807, 2.05) is 4.90 Å². The van der Waals surface area contributed by atoms with Gasteiger partial charge in [0.05, 0.1) is 12.2 Å². The molecule has 0 spiro atoms. The lowest BCUT2D eigenvalue weighted by molar-refractivity contribution is -0.136. The molecule has 1 aromatic carbocycles. The molecule has 3 amide bonds. The molecule has 0 saturated carbocycles. The molecule has 0 unspecified atom stereocenters. The first kappa shape index (κ1) is 19.1. The van der Waals surface area contributed by atoms with Gasteiger partial charge in [0.1, 0.15) is 5.70 Å². The van der Waals surface area contributed by atoms with E-state index in [2.05, 4.69) is 10.2 Å². The van der Waals surface area contributed by atoms with Crippen molar-refractivity contribution in [2.75, 3.05) is 51.7 Å². The highest BCUT2D eigenvalue weighted by atomic mass is 16.3. The predicted molar refractivity (Wildman–Crippen MR) is 101 cm³/mol. The highest BCUT2D eigenvalue weighted by Crippen LogP contribution is 2.31. The van der Waals surface area contributed by atoms with Gasteiger partial charge in [0.15, 0.2) is 0 Å². The molecule has 1 saturated heterocycles. The summed E-state index contributed by atoms with van der Waals surface area (Å²) in [6, 6.07) is 6.92. The van der Waals surface area contributed by atoms with Gasteiger partial charge in [0.2, 0.25) is 5.91 Å². The molecule has 2 N–H and O–H groups in total. The number of aliphatic hydroxyl groups excluding tert-OH is 1. The van der Waals surface area contributed by atoms with Gasteiger partial charge in [-0.25, -0.2) is 0 Å². The Morgan fingerprint density at radius 2 is 1.70 bits per heavy atom. The van der Waals surface area contributed by atoms with Gasteiger partial charge < -0.3 is 15.3 Å². The van der Waals surface area contributed by atoms with Crippen LogP contribution in [0.1, 0.15) is 12.5 Å². The number of piperazine rings is 1. The SMILES string of the molecule is CC(=O)Nc1ccc(C2=C(N3CCN(CCO)CC3)C(=O)N(C)C2=O)cc1. The average molecular weight is 372 g/mol. The van der Waals surface area contributed by atoms with Gasteiger partial charge in [-0.2, -0.15) is 0 Å². The lowest BCUT2D eigenvalue weighted by Gasteiger charge is -2.36. The molecule has 2 aliphatic heterocycles. The van der Waals surface area contributed by atoms with E-state index < -0.39 is 0 Å². The molecule has 144 valence electrons. The van der Waals surface area contributed by atoms with Crippen LogP contribution in [0.3, 0.4) is 0 Å².